The third-order valence-corrected chi connectivity index (χ3v) is 5.49. The molecule has 0 atom stereocenters. The predicted octanol–water partition coefficient (Wildman–Crippen LogP) is 2.73. The van der Waals surface area contributed by atoms with Crippen LogP contribution < -0.4 is 15.5 Å². The van der Waals surface area contributed by atoms with Crippen molar-refractivity contribution < 1.29 is 9.59 Å². The average molecular weight is 426 g/mol. The first-order valence-corrected chi connectivity index (χ1v) is 10.5. The van der Waals surface area contributed by atoms with Gasteiger partial charge in [-0.1, -0.05) is 26.8 Å². The molecule has 0 radical (unpaired) electrons. The number of hydrogen-bond acceptors (Lipinski definition) is 6. The highest BCUT2D eigenvalue weighted by atomic mass is 32.1. The highest BCUT2D eigenvalue weighted by Gasteiger charge is 2.25. The lowest BCUT2D eigenvalue weighted by molar-refractivity contribution is -0.115. The van der Waals surface area contributed by atoms with Gasteiger partial charge in [0.1, 0.15) is 5.82 Å². The van der Waals surface area contributed by atoms with Crippen LogP contribution in [0.15, 0.2) is 35.8 Å². The number of carbonyl (C=O) groups excluding carboxylic acids is 2. The number of carbonyl (C=O) groups is 2. The van der Waals surface area contributed by atoms with Crippen LogP contribution in [-0.2, 0) is 16.6 Å². The Morgan fingerprint density at radius 3 is 2.83 bits per heavy atom. The van der Waals surface area contributed by atoms with Gasteiger partial charge < -0.3 is 10.6 Å². The molecule has 3 aromatic rings. The molecular weight excluding hydrogens is 402 g/mol. The smallest absolute Gasteiger partial charge is 0.323 e. The van der Waals surface area contributed by atoms with E-state index < -0.39 is 0 Å². The molecule has 1 saturated heterocycles. The van der Waals surface area contributed by atoms with Gasteiger partial charge in [0.25, 0.3) is 0 Å². The summed E-state index contributed by atoms with van der Waals surface area (Å²) in [6, 6.07) is 7.25. The first kappa shape index (κ1) is 20.0. The minimum atomic E-state index is -0.213. The molecule has 0 spiro atoms. The van der Waals surface area contributed by atoms with E-state index in [1.165, 1.54) is 11.3 Å². The Hall–Kier alpha value is -3.27. The van der Waals surface area contributed by atoms with E-state index in [4.69, 9.17) is 0 Å². The molecule has 0 aliphatic carbocycles. The highest BCUT2D eigenvalue weighted by molar-refractivity contribution is 7.14. The molecule has 4 rings (SSSR count). The first-order valence-electron chi connectivity index (χ1n) is 9.63. The van der Waals surface area contributed by atoms with Crippen LogP contribution in [0.3, 0.4) is 0 Å². The molecule has 1 aliphatic rings. The van der Waals surface area contributed by atoms with Gasteiger partial charge in [-0.15, -0.1) is 11.3 Å². The summed E-state index contributed by atoms with van der Waals surface area (Å²) in [5, 5.41) is 12.7. The van der Waals surface area contributed by atoms with Crippen molar-refractivity contribution in [3.8, 4) is 5.82 Å². The quantitative estimate of drug-likeness (QED) is 0.654. The molecule has 0 bridgehead atoms. The molecule has 4 heterocycles. The van der Waals surface area contributed by atoms with Crippen molar-refractivity contribution in [3.63, 3.8) is 0 Å². The van der Waals surface area contributed by atoms with Gasteiger partial charge in [-0.25, -0.2) is 14.8 Å². The van der Waals surface area contributed by atoms with Crippen LogP contribution in [0.25, 0.3) is 5.82 Å². The molecule has 1 aliphatic heterocycles. The molecule has 1 fully saturated rings. The lowest BCUT2D eigenvalue weighted by atomic mass is 9.92. The summed E-state index contributed by atoms with van der Waals surface area (Å²) < 4.78 is 1.64. The lowest BCUT2D eigenvalue weighted by Gasteiger charge is -2.13. The molecular formula is C20H23N7O2S. The van der Waals surface area contributed by atoms with E-state index in [1.807, 2.05) is 24.3 Å². The van der Waals surface area contributed by atoms with Gasteiger partial charge in [0.05, 0.1) is 17.8 Å². The number of hydrogen-bond donors (Lipinski definition) is 2. The van der Waals surface area contributed by atoms with E-state index in [2.05, 4.69) is 46.5 Å². The predicted molar refractivity (Wildman–Crippen MR) is 115 cm³/mol. The molecule has 0 aromatic carbocycles. The lowest BCUT2D eigenvalue weighted by Crippen LogP contribution is -2.27. The Labute approximate surface area is 178 Å². The number of nitrogens with zero attached hydrogens (tertiary/aromatic N) is 5. The van der Waals surface area contributed by atoms with Crippen LogP contribution in [0, 0.1) is 0 Å². The Morgan fingerprint density at radius 2 is 2.17 bits per heavy atom. The average Bonchev–Trinajstić information content (AvgIpc) is 3.42. The van der Waals surface area contributed by atoms with Gasteiger partial charge in [-0.2, -0.15) is 9.78 Å². The van der Waals surface area contributed by atoms with Crippen molar-refractivity contribution in [3.05, 3.63) is 47.2 Å². The van der Waals surface area contributed by atoms with Crippen molar-refractivity contribution in [2.75, 3.05) is 23.3 Å². The minimum Gasteiger partial charge on any atom is -0.336 e. The number of anilines is 2. The number of nitrogens with one attached hydrogen (secondary N) is 2. The van der Waals surface area contributed by atoms with Crippen LogP contribution in [0.2, 0.25) is 0 Å². The van der Waals surface area contributed by atoms with Crippen LogP contribution in [0.4, 0.5) is 15.7 Å². The molecule has 0 saturated carbocycles. The van der Waals surface area contributed by atoms with Gasteiger partial charge in [-0.3, -0.25) is 9.69 Å². The van der Waals surface area contributed by atoms with E-state index in [0.29, 0.717) is 35.6 Å². The van der Waals surface area contributed by atoms with Gasteiger partial charge in [-0.05, 0) is 12.1 Å². The third-order valence-electron chi connectivity index (χ3n) is 4.58. The van der Waals surface area contributed by atoms with Gasteiger partial charge in [0, 0.05) is 36.1 Å². The topological polar surface area (TPSA) is 105 Å². The molecule has 0 unspecified atom stereocenters. The standard InChI is InChI=1S/C20H23N7O2S/c1-20(2,3)14-11-16(27(25-14)15-6-4-5-7-21-15)24-17(28)10-13-12-30-19(23-13)26-9-8-22-18(26)29/h4-7,11-12H,8-10H2,1-3H3,(H,22,29)(H,24,28). The summed E-state index contributed by atoms with van der Waals surface area (Å²) in [6.07, 6.45) is 1.79. The maximum Gasteiger partial charge on any atom is 0.323 e. The fraction of sp³-hybridized carbons (Fsp3) is 0.350. The van der Waals surface area contributed by atoms with Crippen molar-refractivity contribution in [2.24, 2.45) is 0 Å². The SMILES string of the molecule is CC(C)(C)c1cc(NC(=O)Cc2csc(N3CCNC3=O)n2)n(-c2ccccn2)n1. The van der Waals surface area contributed by atoms with Crippen LogP contribution in [0.5, 0.6) is 0 Å². The maximum atomic E-state index is 12.7. The van der Waals surface area contributed by atoms with Crippen molar-refractivity contribution in [1.29, 1.82) is 0 Å². The summed E-state index contributed by atoms with van der Waals surface area (Å²) >= 11 is 1.35. The third kappa shape index (κ3) is 4.18. The Bertz CT molecular complexity index is 1070. The summed E-state index contributed by atoms with van der Waals surface area (Å²) in [4.78, 5) is 34.9. The fourth-order valence-corrected chi connectivity index (χ4v) is 3.85. The Balaban J connectivity index is 1.52. The summed E-state index contributed by atoms with van der Waals surface area (Å²) in [5.41, 5.74) is 1.28. The fourth-order valence-electron chi connectivity index (χ4n) is 3.00. The number of amides is 3. The zero-order valence-electron chi connectivity index (χ0n) is 17.0. The van der Waals surface area contributed by atoms with E-state index >= 15 is 0 Å². The number of rotatable bonds is 5. The Morgan fingerprint density at radius 1 is 1.33 bits per heavy atom. The second kappa shape index (κ2) is 7.86. The largest absolute Gasteiger partial charge is 0.336 e. The second-order valence-electron chi connectivity index (χ2n) is 7.99. The minimum absolute atomic E-state index is 0.101. The number of urea groups is 1. The molecule has 3 aromatic heterocycles. The summed E-state index contributed by atoms with van der Waals surface area (Å²) in [5.74, 6) is 0.965. The van der Waals surface area contributed by atoms with E-state index in [9.17, 15) is 9.59 Å². The zero-order chi connectivity index (χ0) is 21.3. The van der Waals surface area contributed by atoms with E-state index in [1.54, 1.807) is 21.2 Å². The first-order chi connectivity index (χ1) is 14.3. The van der Waals surface area contributed by atoms with Crippen molar-refractivity contribution in [1.82, 2.24) is 25.1 Å². The molecule has 9 nitrogen and oxygen atoms in total. The van der Waals surface area contributed by atoms with Gasteiger partial charge in [0.2, 0.25) is 5.91 Å². The second-order valence-corrected chi connectivity index (χ2v) is 8.83. The monoisotopic (exact) mass is 425 g/mol. The normalized spacial score (nSPS) is 14.1. The van der Waals surface area contributed by atoms with Crippen LogP contribution in [-0.4, -0.2) is 44.8 Å². The zero-order valence-corrected chi connectivity index (χ0v) is 17.9. The van der Waals surface area contributed by atoms with Gasteiger partial charge in [0.15, 0.2) is 10.9 Å². The summed E-state index contributed by atoms with van der Waals surface area (Å²) in [7, 11) is 0. The molecule has 156 valence electrons. The van der Waals surface area contributed by atoms with Crippen LogP contribution >= 0.6 is 11.3 Å². The summed E-state index contributed by atoms with van der Waals surface area (Å²) in [6.45, 7) is 7.37. The number of pyridine rings is 1. The molecule has 10 heteroatoms. The van der Waals surface area contributed by atoms with E-state index in [-0.39, 0.29) is 23.8 Å². The number of thiazole rings is 1. The highest BCUT2D eigenvalue weighted by Crippen LogP contribution is 2.26. The van der Waals surface area contributed by atoms with E-state index in [0.717, 1.165) is 5.69 Å². The van der Waals surface area contributed by atoms with Crippen molar-refractivity contribution >= 4 is 34.2 Å². The van der Waals surface area contributed by atoms with Gasteiger partial charge >= 0.3 is 6.03 Å². The molecule has 2 N–H and O–H groups in total. The maximum absolute atomic E-state index is 12.7. The molecule has 30 heavy (non-hydrogen) atoms. The van der Waals surface area contributed by atoms with Crippen molar-refractivity contribution in [2.45, 2.75) is 32.6 Å². The number of aromatic nitrogens is 4. The molecule has 3 amide bonds. The van der Waals surface area contributed by atoms with Crippen LogP contribution in [0.1, 0.15) is 32.2 Å². The Kier molecular flexibility index (Phi) is 5.25.